The first-order chi connectivity index (χ1) is 17.2. The smallest absolute Gasteiger partial charge is 0.188 e. The van der Waals surface area contributed by atoms with E-state index in [1.54, 1.807) is 14.2 Å². The molecular weight excluding hydrogens is 450 g/mol. The second kappa shape index (κ2) is 9.19. The van der Waals surface area contributed by atoms with E-state index in [2.05, 4.69) is 74.7 Å². The summed E-state index contributed by atoms with van der Waals surface area (Å²) in [6.07, 6.45) is 9.61. The summed E-state index contributed by atoms with van der Waals surface area (Å²) in [7, 11) is 5.42. The van der Waals surface area contributed by atoms with Gasteiger partial charge in [0.25, 0.3) is 0 Å². The Balaban J connectivity index is 1.50. The molecule has 36 heavy (non-hydrogen) atoms. The van der Waals surface area contributed by atoms with Crippen molar-refractivity contribution in [3.05, 3.63) is 53.2 Å². The lowest BCUT2D eigenvalue weighted by Gasteiger charge is -2.56. The van der Waals surface area contributed by atoms with Crippen LogP contribution < -0.4 is 14.2 Å². The van der Waals surface area contributed by atoms with Crippen molar-refractivity contribution in [2.24, 2.45) is 24.3 Å². The molecule has 0 radical (unpaired) electrons. The highest BCUT2D eigenvalue weighted by Gasteiger charge is 2.53. The molecule has 0 bridgehead atoms. The van der Waals surface area contributed by atoms with Crippen LogP contribution in [0.3, 0.4) is 0 Å². The number of rotatable bonds is 6. The molecule has 5 rings (SSSR count). The average molecular weight is 490 g/mol. The van der Waals surface area contributed by atoms with E-state index in [0.717, 1.165) is 52.1 Å². The first-order valence-corrected chi connectivity index (χ1v) is 12.9. The maximum absolute atomic E-state index is 6.77. The van der Waals surface area contributed by atoms with Crippen LogP contribution in [-0.2, 0) is 18.2 Å². The molecule has 1 aromatic heterocycles. The van der Waals surface area contributed by atoms with Gasteiger partial charge in [-0.25, -0.2) is 0 Å². The van der Waals surface area contributed by atoms with Gasteiger partial charge in [0.1, 0.15) is 11.4 Å². The van der Waals surface area contributed by atoms with Gasteiger partial charge >= 0.3 is 0 Å². The molecule has 1 saturated carbocycles. The van der Waals surface area contributed by atoms with Crippen LogP contribution in [0.2, 0.25) is 0 Å². The summed E-state index contributed by atoms with van der Waals surface area (Å²) < 4.78 is 25.7. The Morgan fingerprint density at radius 1 is 1.06 bits per heavy atom. The quantitative estimate of drug-likeness (QED) is 0.273. The van der Waals surface area contributed by atoms with Crippen LogP contribution in [0.15, 0.2) is 36.5 Å². The zero-order valence-corrected chi connectivity index (χ0v) is 22.7. The highest BCUT2D eigenvalue weighted by atomic mass is 16.7. The van der Waals surface area contributed by atoms with E-state index < -0.39 is 0 Å². The number of hydrogen-bond donors (Lipinski definition) is 0. The molecule has 1 fully saturated rings. The number of aromatic nitrogens is 1. The van der Waals surface area contributed by atoms with Gasteiger partial charge in [0.15, 0.2) is 18.3 Å². The zero-order chi connectivity index (χ0) is 25.7. The fraction of sp³-hybridized carbons (Fsp3) is 0.484. The van der Waals surface area contributed by atoms with Crippen LogP contribution in [0.25, 0.3) is 23.1 Å². The zero-order valence-electron chi connectivity index (χ0n) is 22.7. The summed E-state index contributed by atoms with van der Waals surface area (Å²) in [5.41, 5.74) is 4.58. The van der Waals surface area contributed by atoms with Gasteiger partial charge < -0.3 is 23.5 Å². The molecule has 3 aromatic rings. The summed E-state index contributed by atoms with van der Waals surface area (Å²) in [5, 5.41) is 1.08. The molecule has 2 aliphatic rings. The van der Waals surface area contributed by atoms with Crippen LogP contribution in [0, 0.1) is 17.3 Å². The molecule has 192 valence electrons. The van der Waals surface area contributed by atoms with Crippen LogP contribution in [0.1, 0.15) is 57.2 Å². The maximum Gasteiger partial charge on any atom is 0.188 e. The van der Waals surface area contributed by atoms with E-state index in [9.17, 15) is 0 Å². The van der Waals surface area contributed by atoms with Gasteiger partial charge in [0.2, 0.25) is 0 Å². The molecule has 0 spiro atoms. The molecule has 1 aliphatic heterocycles. The van der Waals surface area contributed by atoms with Crippen molar-refractivity contribution in [2.75, 3.05) is 21.0 Å². The second-order valence-electron chi connectivity index (χ2n) is 11.4. The lowest BCUT2D eigenvalue weighted by atomic mass is 9.55. The minimum Gasteiger partial charge on any atom is -0.493 e. The summed E-state index contributed by atoms with van der Waals surface area (Å²) in [4.78, 5) is 0. The van der Waals surface area contributed by atoms with Crippen LogP contribution >= 0.6 is 0 Å². The Bertz CT molecular complexity index is 1300. The van der Waals surface area contributed by atoms with Gasteiger partial charge in [-0.2, -0.15) is 0 Å². The van der Waals surface area contributed by atoms with Crippen molar-refractivity contribution >= 4 is 23.1 Å². The molecule has 1 aliphatic carbocycles. The van der Waals surface area contributed by atoms with Crippen LogP contribution in [-0.4, -0.2) is 31.2 Å². The van der Waals surface area contributed by atoms with Gasteiger partial charge in [0, 0.05) is 31.7 Å². The highest BCUT2D eigenvalue weighted by molar-refractivity contribution is 5.90. The minimum atomic E-state index is -0.156. The Morgan fingerprint density at radius 3 is 2.50 bits per heavy atom. The number of fused-ring (bicyclic) bond motifs is 3. The molecule has 0 unspecified atom stereocenters. The van der Waals surface area contributed by atoms with Gasteiger partial charge in [0.05, 0.1) is 12.6 Å². The lowest BCUT2D eigenvalue weighted by Crippen LogP contribution is -2.56. The standard InChI is InChI=1S/C31H39NO4/c1-20-10-12-31(4)28(30(20,2)3)18-23-14-21(17-27(34-7)29(23)36-31)8-9-22-15-25-24(11-13-32(25)5)26(16-22)35-19-33-6/h8-9,11,13-17,20,28H,10,12,18-19H2,1-7H3/b9-8+/t20-,28-,31-/m1/s1. The Morgan fingerprint density at radius 2 is 1.78 bits per heavy atom. The molecule has 0 N–H and O–H groups in total. The van der Waals surface area contributed by atoms with Gasteiger partial charge in [-0.05, 0) is 84.5 Å². The van der Waals surface area contributed by atoms with Gasteiger partial charge in [-0.3, -0.25) is 0 Å². The second-order valence-corrected chi connectivity index (χ2v) is 11.4. The fourth-order valence-electron chi connectivity index (χ4n) is 6.32. The van der Waals surface area contributed by atoms with E-state index in [1.807, 2.05) is 13.2 Å². The number of methoxy groups -OCH3 is 2. The van der Waals surface area contributed by atoms with Crippen molar-refractivity contribution in [2.45, 2.75) is 52.6 Å². The topological polar surface area (TPSA) is 41.9 Å². The molecule has 0 saturated heterocycles. The van der Waals surface area contributed by atoms with Crippen molar-refractivity contribution in [1.82, 2.24) is 4.57 Å². The SMILES string of the molecule is COCOc1cc(/C=C/c2cc3c(c(OC)c2)O[C@]2(C)CC[C@@H](C)C(C)(C)[C@H]2C3)cc2c1ccn2C. The first-order valence-electron chi connectivity index (χ1n) is 12.9. The molecular formula is C31H39NO4. The number of nitrogens with zero attached hydrogens (tertiary/aromatic N) is 1. The summed E-state index contributed by atoms with van der Waals surface area (Å²) >= 11 is 0. The van der Waals surface area contributed by atoms with Crippen molar-refractivity contribution < 1.29 is 18.9 Å². The fourth-order valence-corrected chi connectivity index (χ4v) is 6.32. The predicted molar refractivity (Wildman–Crippen MR) is 146 cm³/mol. The number of benzene rings is 2. The lowest BCUT2D eigenvalue weighted by molar-refractivity contribution is -0.106. The predicted octanol–water partition coefficient (Wildman–Crippen LogP) is 7.11. The normalized spacial score (nSPS) is 24.9. The van der Waals surface area contributed by atoms with E-state index in [-0.39, 0.29) is 17.8 Å². The van der Waals surface area contributed by atoms with Crippen LogP contribution in [0.4, 0.5) is 0 Å². The molecule has 2 heterocycles. The first kappa shape index (κ1) is 24.8. The van der Waals surface area contributed by atoms with Gasteiger partial charge in [-0.15, -0.1) is 0 Å². The van der Waals surface area contributed by atoms with Crippen LogP contribution in [0.5, 0.6) is 17.2 Å². The third kappa shape index (κ3) is 4.17. The van der Waals surface area contributed by atoms with E-state index in [4.69, 9.17) is 18.9 Å². The third-order valence-electron chi connectivity index (χ3n) is 8.90. The highest BCUT2D eigenvalue weighted by Crippen LogP contribution is 2.56. The van der Waals surface area contributed by atoms with Gasteiger partial charge in [-0.1, -0.05) is 32.9 Å². The number of hydrogen-bond acceptors (Lipinski definition) is 4. The molecule has 0 amide bonds. The van der Waals surface area contributed by atoms with E-state index >= 15 is 0 Å². The molecule has 2 aromatic carbocycles. The summed E-state index contributed by atoms with van der Waals surface area (Å²) in [6.45, 7) is 9.73. The molecule has 3 atom stereocenters. The Hall–Kier alpha value is -2.92. The van der Waals surface area contributed by atoms with Crippen molar-refractivity contribution in [1.29, 1.82) is 0 Å². The van der Waals surface area contributed by atoms with Crippen molar-refractivity contribution in [3.8, 4) is 17.2 Å². The monoisotopic (exact) mass is 489 g/mol. The summed E-state index contributed by atoms with van der Waals surface area (Å²) in [6, 6.07) is 10.7. The number of aryl methyl sites for hydroxylation is 1. The average Bonchev–Trinajstić information content (AvgIpc) is 3.23. The Kier molecular flexibility index (Phi) is 6.32. The molecule has 5 nitrogen and oxygen atoms in total. The molecule has 5 heteroatoms. The third-order valence-corrected chi connectivity index (χ3v) is 8.90. The van der Waals surface area contributed by atoms with E-state index in [1.165, 1.54) is 12.0 Å². The van der Waals surface area contributed by atoms with Crippen molar-refractivity contribution in [3.63, 3.8) is 0 Å². The Labute approximate surface area is 215 Å². The minimum absolute atomic E-state index is 0.156. The largest absolute Gasteiger partial charge is 0.493 e. The number of ether oxygens (including phenoxy) is 4. The summed E-state index contributed by atoms with van der Waals surface area (Å²) in [5.74, 6) is 3.68. The maximum atomic E-state index is 6.77. The van der Waals surface area contributed by atoms with E-state index in [0.29, 0.717) is 11.8 Å².